The van der Waals surface area contributed by atoms with Crippen molar-refractivity contribution >= 4 is 56.8 Å². The van der Waals surface area contributed by atoms with Crippen molar-refractivity contribution in [3.8, 4) is 0 Å². The summed E-state index contributed by atoms with van der Waals surface area (Å²) in [6.45, 7) is 2.18. The maximum absolute atomic E-state index is 12.3. The first-order chi connectivity index (χ1) is 16.0. The van der Waals surface area contributed by atoms with Gasteiger partial charge in [-0.3, -0.25) is 14.2 Å². The second kappa shape index (κ2) is 10.5. The number of hydrogen-bond acceptors (Lipinski definition) is 8. The third-order valence-corrected chi connectivity index (χ3v) is 6.65. The minimum Gasteiger partial charge on any atom is -0.408 e. The molecule has 170 valence electrons. The zero-order chi connectivity index (χ0) is 23.2. The molecular weight excluding hydrogens is 462 g/mol. The number of oxazole rings is 1. The zero-order valence-electron chi connectivity index (χ0n) is 17.7. The molecule has 0 radical (unpaired) electrons. The lowest BCUT2D eigenvalue weighted by Crippen LogP contribution is -2.19. The largest absolute Gasteiger partial charge is 0.419 e. The molecule has 0 bridgehead atoms. The number of carbonyl (C=O) groups is 2. The van der Waals surface area contributed by atoms with Gasteiger partial charge in [-0.1, -0.05) is 52.9 Å². The van der Waals surface area contributed by atoms with Crippen LogP contribution >= 0.6 is 23.1 Å². The van der Waals surface area contributed by atoms with Crippen molar-refractivity contribution in [3.63, 3.8) is 0 Å². The molecule has 2 N–H and O–H groups in total. The number of thioether (sulfide) groups is 1. The predicted molar refractivity (Wildman–Crippen MR) is 129 cm³/mol. The number of anilines is 2. The maximum atomic E-state index is 12.3. The van der Waals surface area contributed by atoms with Gasteiger partial charge < -0.3 is 15.1 Å². The van der Waals surface area contributed by atoms with Crippen molar-refractivity contribution in [3.05, 3.63) is 64.6 Å². The smallest absolute Gasteiger partial charge is 0.408 e. The first kappa shape index (κ1) is 22.7. The Morgan fingerprint density at radius 1 is 1.03 bits per heavy atom. The summed E-state index contributed by atoms with van der Waals surface area (Å²) < 4.78 is 7.26. The molecule has 11 heteroatoms. The molecule has 4 rings (SSSR count). The number of hydrogen-bond donors (Lipinski definition) is 2. The first-order valence-corrected chi connectivity index (χ1v) is 12.0. The highest BCUT2D eigenvalue weighted by Gasteiger charge is 2.13. The second-order valence-electron chi connectivity index (χ2n) is 7.17. The van der Waals surface area contributed by atoms with E-state index in [4.69, 9.17) is 4.42 Å². The SMILES string of the molecule is Cc1ccc(NC(=O)CCSc2nnc(NC(=O)CCn3c(=O)oc4ccccc43)s2)cc1. The van der Waals surface area contributed by atoms with Gasteiger partial charge in [0.05, 0.1) is 5.52 Å². The molecule has 2 aromatic heterocycles. The van der Waals surface area contributed by atoms with Gasteiger partial charge >= 0.3 is 5.76 Å². The molecule has 2 heterocycles. The fraction of sp³-hybridized carbons (Fsp3) is 0.227. The Kier molecular flexibility index (Phi) is 7.20. The Morgan fingerprint density at radius 2 is 1.79 bits per heavy atom. The van der Waals surface area contributed by atoms with Crippen LogP contribution in [0.1, 0.15) is 18.4 Å². The number of nitrogens with zero attached hydrogens (tertiary/aromatic N) is 3. The molecule has 4 aromatic rings. The Balaban J connectivity index is 1.21. The molecule has 0 aliphatic rings. The van der Waals surface area contributed by atoms with Gasteiger partial charge in [0.25, 0.3) is 0 Å². The summed E-state index contributed by atoms with van der Waals surface area (Å²) in [6.07, 6.45) is 0.415. The Morgan fingerprint density at radius 3 is 2.61 bits per heavy atom. The van der Waals surface area contributed by atoms with Gasteiger partial charge in [-0.25, -0.2) is 4.79 Å². The molecule has 0 spiro atoms. The Hall–Kier alpha value is -3.44. The molecule has 0 aliphatic carbocycles. The summed E-state index contributed by atoms with van der Waals surface area (Å²) in [5.41, 5.74) is 3.03. The summed E-state index contributed by atoms with van der Waals surface area (Å²) >= 11 is 2.64. The van der Waals surface area contributed by atoms with Crippen LogP contribution in [-0.4, -0.2) is 32.3 Å². The van der Waals surface area contributed by atoms with Gasteiger partial charge in [0.1, 0.15) is 0 Å². The van der Waals surface area contributed by atoms with Crippen LogP contribution in [0.3, 0.4) is 0 Å². The van der Waals surface area contributed by atoms with E-state index in [1.165, 1.54) is 27.7 Å². The van der Waals surface area contributed by atoms with Crippen LogP contribution < -0.4 is 16.4 Å². The minimum absolute atomic E-state index is 0.0774. The van der Waals surface area contributed by atoms with Crippen molar-refractivity contribution < 1.29 is 14.0 Å². The highest BCUT2D eigenvalue weighted by Crippen LogP contribution is 2.26. The molecule has 0 unspecified atom stereocenters. The number of carbonyl (C=O) groups excluding carboxylic acids is 2. The molecule has 2 amide bonds. The molecule has 2 aromatic carbocycles. The minimum atomic E-state index is -0.495. The van der Waals surface area contributed by atoms with Crippen LogP contribution in [0.25, 0.3) is 11.1 Å². The lowest BCUT2D eigenvalue weighted by atomic mass is 10.2. The van der Waals surface area contributed by atoms with Gasteiger partial charge in [0.15, 0.2) is 9.92 Å². The van der Waals surface area contributed by atoms with E-state index in [1.807, 2.05) is 31.2 Å². The van der Waals surface area contributed by atoms with Crippen molar-refractivity contribution in [2.75, 3.05) is 16.4 Å². The lowest BCUT2D eigenvalue weighted by molar-refractivity contribution is -0.117. The van der Waals surface area contributed by atoms with Gasteiger partial charge in [-0.05, 0) is 31.2 Å². The average Bonchev–Trinajstić information content (AvgIpc) is 3.36. The fourth-order valence-corrected chi connectivity index (χ4v) is 4.81. The normalized spacial score (nSPS) is 10.9. The van der Waals surface area contributed by atoms with E-state index < -0.39 is 5.76 Å². The van der Waals surface area contributed by atoms with Crippen LogP contribution in [0.5, 0.6) is 0 Å². The number of benzene rings is 2. The highest BCUT2D eigenvalue weighted by molar-refractivity contribution is 8.01. The van der Waals surface area contributed by atoms with E-state index in [2.05, 4.69) is 20.8 Å². The summed E-state index contributed by atoms with van der Waals surface area (Å²) in [5, 5.41) is 13.9. The summed E-state index contributed by atoms with van der Waals surface area (Å²) in [4.78, 5) is 36.3. The van der Waals surface area contributed by atoms with Crippen molar-refractivity contribution in [1.29, 1.82) is 0 Å². The molecule has 0 saturated heterocycles. The number of aryl methyl sites for hydroxylation is 2. The first-order valence-electron chi connectivity index (χ1n) is 10.2. The molecule has 0 atom stereocenters. The van der Waals surface area contributed by atoms with E-state index in [0.29, 0.717) is 32.7 Å². The molecule has 33 heavy (non-hydrogen) atoms. The molecule has 0 fully saturated rings. The molecular formula is C22H21N5O4S2. The van der Waals surface area contributed by atoms with Crippen LogP contribution in [0.15, 0.2) is 62.1 Å². The number of para-hydroxylation sites is 2. The van der Waals surface area contributed by atoms with E-state index >= 15 is 0 Å². The lowest BCUT2D eigenvalue weighted by Gasteiger charge is -2.04. The second-order valence-corrected chi connectivity index (χ2v) is 9.49. The summed E-state index contributed by atoms with van der Waals surface area (Å²) in [5.74, 6) is -0.315. The monoisotopic (exact) mass is 483 g/mol. The fourth-order valence-electron chi connectivity index (χ4n) is 3.03. The Bertz CT molecular complexity index is 1330. The van der Waals surface area contributed by atoms with E-state index in [9.17, 15) is 14.4 Å². The standard InChI is InChI=1S/C22H21N5O4S2/c1-14-6-8-15(9-7-14)23-19(29)11-13-32-21-26-25-20(33-21)24-18(28)10-12-27-16-4-2-3-5-17(16)31-22(27)30/h2-9H,10-13H2,1H3,(H,23,29)(H,24,25,28). The van der Waals surface area contributed by atoms with E-state index in [1.54, 1.807) is 24.3 Å². The Labute approximate surface area is 197 Å². The quantitative estimate of drug-likeness (QED) is 0.274. The third kappa shape index (κ3) is 6.08. The van der Waals surface area contributed by atoms with Crippen LogP contribution in [-0.2, 0) is 16.1 Å². The highest BCUT2D eigenvalue weighted by atomic mass is 32.2. The molecule has 9 nitrogen and oxygen atoms in total. The topological polar surface area (TPSA) is 119 Å². The third-order valence-electron chi connectivity index (χ3n) is 4.68. The van der Waals surface area contributed by atoms with Crippen LogP contribution in [0.2, 0.25) is 0 Å². The number of fused-ring (bicyclic) bond motifs is 1. The number of nitrogens with one attached hydrogen (secondary N) is 2. The average molecular weight is 484 g/mol. The van der Waals surface area contributed by atoms with Gasteiger partial charge in [-0.15, -0.1) is 10.2 Å². The molecule has 0 saturated carbocycles. The number of amides is 2. The number of rotatable bonds is 9. The van der Waals surface area contributed by atoms with Gasteiger partial charge in [-0.2, -0.15) is 0 Å². The van der Waals surface area contributed by atoms with Crippen LogP contribution in [0.4, 0.5) is 10.8 Å². The van der Waals surface area contributed by atoms with E-state index in [-0.39, 0.29) is 24.8 Å². The van der Waals surface area contributed by atoms with Crippen LogP contribution in [0, 0.1) is 6.92 Å². The van der Waals surface area contributed by atoms with Crippen molar-refractivity contribution in [2.24, 2.45) is 0 Å². The zero-order valence-corrected chi connectivity index (χ0v) is 19.4. The number of aromatic nitrogens is 3. The maximum Gasteiger partial charge on any atom is 0.419 e. The van der Waals surface area contributed by atoms with Gasteiger partial charge in [0, 0.05) is 30.8 Å². The van der Waals surface area contributed by atoms with E-state index in [0.717, 1.165) is 11.3 Å². The predicted octanol–water partition coefficient (Wildman–Crippen LogP) is 3.90. The van der Waals surface area contributed by atoms with Crippen molar-refractivity contribution in [1.82, 2.24) is 14.8 Å². The summed E-state index contributed by atoms with van der Waals surface area (Å²) in [6, 6.07) is 14.7. The molecule has 0 aliphatic heterocycles. The van der Waals surface area contributed by atoms with Gasteiger partial charge in [0.2, 0.25) is 16.9 Å². The van der Waals surface area contributed by atoms with Crippen molar-refractivity contribution in [2.45, 2.75) is 30.6 Å². The summed E-state index contributed by atoms with van der Waals surface area (Å²) in [7, 11) is 0.